The molecule has 0 amide bonds. The average Bonchev–Trinajstić information content (AvgIpc) is 3.35. The van der Waals surface area contributed by atoms with E-state index >= 15 is 0 Å². The lowest BCUT2D eigenvalue weighted by molar-refractivity contribution is -0.403. The number of carbonyl (C=O) groups is 2. The van der Waals surface area contributed by atoms with Crippen LogP contribution in [0.15, 0.2) is 0 Å². The van der Waals surface area contributed by atoms with E-state index in [-0.39, 0.29) is 12.9 Å². The third-order valence-corrected chi connectivity index (χ3v) is 13.0. The van der Waals surface area contributed by atoms with Crippen LogP contribution in [0.2, 0.25) is 0 Å². The molecule has 16 N–H and O–H groups in total. The molecule has 0 spiro atoms. The molecule has 22 heterocycles. The normalized spacial score (nSPS) is 52.6. The van der Waals surface area contributed by atoms with Crippen LogP contribution in [0.3, 0.4) is 0 Å². The maximum absolute atomic E-state index is 11.8. The summed E-state index contributed by atoms with van der Waals surface area (Å²) in [4.78, 5) is 23.6. The van der Waals surface area contributed by atoms with Crippen LogP contribution < -0.4 is 0 Å². The molecular weight excluding hydrogens is 968 g/mol. The van der Waals surface area contributed by atoms with E-state index in [2.05, 4.69) is 0 Å². The summed E-state index contributed by atoms with van der Waals surface area (Å²) in [6, 6.07) is 0. The first-order valence-corrected chi connectivity index (χ1v) is 22.0. The molecule has 22 fully saturated rings. The van der Waals surface area contributed by atoms with Crippen LogP contribution in [0.5, 0.6) is 0 Å². The Labute approximate surface area is 394 Å². The Kier molecular flexibility index (Phi) is 19.1. The van der Waals surface area contributed by atoms with Gasteiger partial charge in [-0.3, -0.25) is 9.59 Å². The minimum absolute atomic E-state index is 0.160. The molecule has 0 saturated carbocycles. The molecule has 22 saturated heterocycles. The monoisotopic (exact) mass is 1030 g/mol. The molecule has 22 aliphatic heterocycles. The van der Waals surface area contributed by atoms with Crippen molar-refractivity contribution in [2.24, 2.45) is 0 Å². The lowest BCUT2D eigenvalue weighted by Gasteiger charge is -2.51. The molecular formula is C38H60O32. The van der Waals surface area contributed by atoms with Gasteiger partial charge in [0.2, 0.25) is 0 Å². The molecule has 404 valence electrons. The quantitative estimate of drug-likeness (QED) is 0.0904. The number of carbonyl (C=O) groups excluding carboxylic acids is 2. The zero-order valence-corrected chi connectivity index (χ0v) is 36.4. The predicted octanol–water partition coefficient (Wildman–Crippen LogP) is -12.7. The lowest BCUT2D eigenvalue weighted by Crippen LogP contribution is -2.69. The first kappa shape index (κ1) is 55.6. The van der Waals surface area contributed by atoms with Crippen molar-refractivity contribution in [3.63, 3.8) is 0 Å². The van der Waals surface area contributed by atoms with Crippen molar-refractivity contribution in [2.75, 3.05) is 39.6 Å². The summed E-state index contributed by atoms with van der Waals surface area (Å²) in [6.45, 7) is -6.52. The smallest absolute Gasteiger partial charge is 0.293 e. The fraction of sp³-hybridized carbons (Fsp3) is 0.947. The highest BCUT2D eigenvalue weighted by molar-refractivity contribution is 5.38. The van der Waals surface area contributed by atoms with Gasteiger partial charge in [0.15, 0.2) is 49.9 Å². The highest BCUT2D eigenvalue weighted by atomic mass is 16.8. The van der Waals surface area contributed by atoms with Crippen LogP contribution in [0.1, 0.15) is 0 Å². The van der Waals surface area contributed by atoms with Gasteiger partial charge >= 0.3 is 0 Å². The van der Waals surface area contributed by atoms with Crippen LogP contribution in [-0.4, -0.2) is 319 Å². The molecule has 22 rings (SSSR count). The van der Waals surface area contributed by atoms with E-state index in [1.54, 1.807) is 0 Å². The SMILES string of the molecule is O=CO[C@@H]1[C@@H](O)[C@H]2O[C@@H]3[C@H](OC=O)[C@@H](O)[C@@H](O[C@H]4[C@H](O)[C@@H](O)[C@@H](O[C@H]5[C@H](O)[C@@H](O)[C@@H](O[C@H]6[C@H](O)[C@@H](O)[C@@H](O[C@H]7[C@H](O)[C@@H](O)[C@@H](O[C@H]1[C@@H](CO)O2)O[C@@H]7CO)O[C@@H]6CO)O[C@@H]5CO)O[C@@H]4CO)O[C@@H]3CO. The third-order valence-electron chi connectivity index (χ3n) is 13.0. The van der Waals surface area contributed by atoms with E-state index < -0.39 is 224 Å². The van der Waals surface area contributed by atoms with Gasteiger partial charge in [-0.2, -0.15) is 0 Å². The number of rotatable bonds is 10. The molecule has 0 unspecified atom stereocenters. The summed E-state index contributed by atoms with van der Waals surface area (Å²) >= 11 is 0. The molecule has 0 aromatic heterocycles. The van der Waals surface area contributed by atoms with Gasteiger partial charge in [-0.25, -0.2) is 0 Å². The maximum Gasteiger partial charge on any atom is 0.293 e. The van der Waals surface area contributed by atoms with Gasteiger partial charge in [0.25, 0.3) is 12.9 Å². The number of hydrogen-bond acceptors (Lipinski definition) is 32. The van der Waals surface area contributed by atoms with E-state index in [0.717, 1.165) is 0 Å². The molecule has 22 aliphatic rings. The minimum Gasteiger partial charge on any atom is -0.459 e. The van der Waals surface area contributed by atoms with E-state index in [1.807, 2.05) is 0 Å². The molecule has 32 nitrogen and oxygen atoms in total. The van der Waals surface area contributed by atoms with Crippen molar-refractivity contribution in [1.82, 2.24) is 0 Å². The molecule has 0 aromatic carbocycles. The van der Waals surface area contributed by atoms with E-state index in [0.29, 0.717) is 0 Å². The van der Waals surface area contributed by atoms with E-state index in [9.17, 15) is 91.3 Å². The topological polar surface area (TPSA) is 487 Å². The minimum atomic E-state index is -2.20. The molecule has 32 heteroatoms. The van der Waals surface area contributed by atoms with Crippen LogP contribution in [0.4, 0.5) is 0 Å². The summed E-state index contributed by atoms with van der Waals surface area (Å²) in [5.74, 6) is 0. The summed E-state index contributed by atoms with van der Waals surface area (Å²) in [5.41, 5.74) is 0. The van der Waals surface area contributed by atoms with E-state index in [1.165, 1.54) is 0 Å². The highest BCUT2D eigenvalue weighted by Crippen LogP contribution is 2.38. The second-order valence-corrected chi connectivity index (χ2v) is 17.3. The van der Waals surface area contributed by atoms with Crippen molar-refractivity contribution in [2.45, 2.75) is 184 Å². The highest BCUT2D eigenvalue weighted by Gasteiger charge is 2.59. The van der Waals surface area contributed by atoms with Crippen molar-refractivity contribution in [1.29, 1.82) is 0 Å². The Morgan fingerprint density at radius 2 is 0.457 bits per heavy atom. The van der Waals surface area contributed by atoms with Gasteiger partial charge in [-0.15, -0.1) is 0 Å². The zero-order valence-electron chi connectivity index (χ0n) is 36.4. The maximum atomic E-state index is 11.8. The van der Waals surface area contributed by atoms with Crippen molar-refractivity contribution >= 4 is 12.9 Å². The second kappa shape index (κ2) is 24.0. The van der Waals surface area contributed by atoms with Gasteiger partial charge in [0, 0.05) is 0 Å². The zero-order chi connectivity index (χ0) is 50.9. The van der Waals surface area contributed by atoms with Gasteiger partial charge in [0.1, 0.15) is 134 Å². The van der Waals surface area contributed by atoms with Crippen LogP contribution in [-0.2, 0) is 75.9 Å². The van der Waals surface area contributed by atoms with Crippen molar-refractivity contribution in [3.05, 3.63) is 0 Å². The second-order valence-electron chi connectivity index (χ2n) is 17.3. The van der Waals surface area contributed by atoms with E-state index in [4.69, 9.17) is 66.3 Å². The molecule has 12 bridgehead atoms. The molecule has 0 aromatic rings. The summed E-state index contributed by atoms with van der Waals surface area (Å²) < 4.78 is 78.8. The van der Waals surface area contributed by atoms with Crippen molar-refractivity contribution < 1.29 is 158 Å². The van der Waals surface area contributed by atoms with Gasteiger partial charge in [-0.1, -0.05) is 0 Å². The summed E-state index contributed by atoms with van der Waals surface area (Å²) in [7, 11) is 0. The summed E-state index contributed by atoms with van der Waals surface area (Å²) in [5, 5.41) is 175. The van der Waals surface area contributed by atoms with Crippen LogP contribution in [0.25, 0.3) is 0 Å². The summed E-state index contributed by atoms with van der Waals surface area (Å²) in [6.07, 6.45) is -59.2. The Morgan fingerprint density at radius 3 is 0.657 bits per heavy atom. The number of hydrogen-bond donors (Lipinski definition) is 16. The third kappa shape index (κ3) is 10.8. The van der Waals surface area contributed by atoms with Gasteiger partial charge < -0.3 is 148 Å². The van der Waals surface area contributed by atoms with Crippen LogP contribution >= 0.6 is 0 Å². The number of ether oxygens (including phenoxy) is 14. The molecule has 0 aliphatic carbocycles. The molecule has 0 radical (unpaired) electrons. The van der Waals surface area contributed by atoms with Gasteiger partial charge in [-0.05, 0) is 0 Å². The fourth-order valence-corrected chi connectivity index (χ4v) is 9.34. The first-order valence-electron chi connectivity index (χ1n) is 22.0. The van der Waals surface area contributed by atoms with Crippen LogP contribution in [0, 0.1) is 0 Å². The first-order chi connectivity index (χ1) is 33.5. The molecule has 70 heavy (non-hydrogen) atoms. The molecule has 30 atom stereocenters. The number of aliphatic hydroxyl groups is 16. The van der Waals surface area contributed by atoms with Gasteiger partial charge in [0.05, 0.1) is 39.6 Å². The largest absolute Gasteiger partial charge is 0.459 e. The standard InChI is InChI=1S/C38H60O32/c39-1-9-25-16(48)20(52)34(60-9)67-27-11(3-41)62-36(22(54)18(27)50)69-29-13(5-43)64-38(24(56)32(29)58-8-46)70-30-14(6-44)63-37(23(55)31(30)57-7-45)68-28-12(4-42)61-35(21(53)17(28)49)66-26-10(2-40)59-33(65-25)19(51)15(26)47/h7-44,47-56H,1-6H2/t9-,10-,11-,12-,13-,14-,15-,16-,17-,18-,19-,20-,21-,22-,23-,24-,25-,26-,27-,28-,29+,30+,31-,32-,33-,34-,35-,36-,37-,38-/m1/s1. The fourth-order valence-electron chi connectivity index (χ4n) is 9.34. The average molecular weight is 1030 g/mol. The lowest BCUT2D eigenvalue weighted by atomic mass is 9.94. The predicted molar refractivity (Wildman–Crippen MR) is 206 cm³/mol. The van der Waals surface area contributed by atoms with Crippen molar-refractivity contribution in [3.8, 4) is 0 Å². The Balaban J connectivity index is 1.23. The Hall–Kier alpha value is -2.18. The Bertz CT molecular complexity index is 1630. The Morgan fingerprint density at radius 1 is 0.271 bits per heavy atom. The number of aliphatic hydroxyl groups excluding tert-OH is 16.